The second kappa shape index (κ2) is 11.4. The molecule has 174 valence electrons. The minimum absolute atomic E-state index is 0.0999. The van der Waals surface area contributed by atoms with Crippen LogP contribution in [0.4, 0.5) is 5.69 Å². The van der Waals surface area contributed by atoms with Gasteiger partial charge in [-0.2, -0.15) is 0 Å². The molecule has 0 radical (unpaired) electrons. The van der Waals surface area contributed by atoms with Crippen LogP contribution in [-0.2, 0) is 17.9 Å². The Morgan fingerprint density at radius 3 is 2.64 bits per heavy atom. The van der Waals surface area contributed by atoms with E-state index in [4.69, 9.17) is 14.6 Å². The first kappa shape index (κ1) is 24.1. The van der Waals surface area contributed by atoms with Crippen LogP contribution >= 0.6 is 11.8 Å². The van der Waals surface area contributed by atoms with Gasteiger partial charge < -0.3 is 24.5 Å². The molecule has 0 bridgehead atoms. The Morgan fingerprint density at radius 2 is 1.91 bits per heavy atom. The van der Waals surface area contributed by atoms with Crippen LogP contribution in [0.1, 0.15) is 35.6 Å². The maximum atomic E-state index is 12.3. The fourth-order valence-corrected chi connectivity index (χ4v) is 3.87. The fraction of sp³-hybridized carbons (Fsp3) is 0.304. The van der Waals surface area contributed by atoms with Gasteiger partial charge in [-0.3, -0.25) is 4.79 Å². The summed E-state index contributed by atoms with van der Waals surface area (Å²) in [5.74, 6) is 0.724. The Balaban J connectivity index is 1.61. The Kier molecular flexibility index (Phi) is 8.31. The molecular weight excluding hydrogens is 444 g/mol. The molecule has 0 aliphatic rings. The number of rotatable bonds is 11. The highest BCUT2D eigenvalue weighted by molar-refractivity contribution is 7.99. The molecular formula is C23H26N4O5S. The summed E-state index contributed by atoms with van der Waals surface area (Å²) in [6.07, 6.45) is 0. The van der Waals surface area contributed by atoms with E-state index in [1.807, 2.05) is 43.5 Å². The van der Waals surface area contributed by atoms with Gasteiger partial charge in [-0.25, -0.2) is 4.79 Å². The van der Waals surface area contributed by atoms with Crippen LogP contribution in [0.2, 0.25) is 0 Å². The second-order valence-corrected chi connectivity index (χ2v) is 7.98. The number of carbonyl (C=O) groups is 2. The van der Waals surface area contributed by atoms with E-state index in [1.165, 1.54) is 23.9 Å². The molecule has 33 heavy (non-hydrogen) atoms. The van der Waals surface area contributed by atoms with Gasteiger partial charge in [-0.05, 0) is 56.7 Å². The Labute approximate surface area is 196 Å². The standard InChI is InChI=1S/C23H26N4O5S/c1-4-27-20(13-32-18-10-9-15(3)11-19(18)31-5-2)25-26-23(27)33-14-21(28)24-17-8-6-7-16(12-17)22(29)30/h6-12H,4-5,13-14H2,1-3H3,(H,24,28)(H,29,30). The van der Waals surface area contributed by atoms with Crippen LogP contribution in [0, 0.1) is 6.92 Å². The van der Waals surface area contributed by atoms with Crippen molar-refractivity contribution in [3.63, 3.8) is 0 Å². The van der Waals surface area contributed by atoms with Gasteiger partial charge in [0, 0.05) is 12.2 Å². The topological polar surface area (TPSA) is 116 Å². The summed E-state index contributed by atoms with van der Waals surface area (Å²) in [5, 5.41) is 20.8. The summed E-state index contributed by atoms with van der Waals surface area (Å²) in [7, 11) is 0. The molecule has 0 aliphatic carbocycles. The molecule has 0 aliphatic heterocycles. The average Bonchev–Trinajstić information content (AvgIpc) is 3.19. The molecule has 0 saturated carbocycles. The SMILES string of the molecule is CCOc1cc(C)ccc1OCc1nnc(SCC(=O)Nc2cccc(C(=O)O)c2)n1CC. The van der Waals surface area contributed by atoms with Crippen molar-refractivity contribution < 1.29 is 24.2 Å². The third-order valence-electron chi connectivity index (χ3n) is 4.59. The van der Waals surface area contributed by atoms with Gasteiger partial charge in [0.15, 0.2) is 22.5 Å². The van der Waals surface area contributed by atoms with Gasteiger partial charge >= 0.3 is 5.97 Å². The van der Waals surface area contributed by atoms with Crippen molar-refractivity contribution in [2.45, 2.75) is 39.1 Å². The summed E-state index contributed by atoms with van der Waals surface area (Å²) < 4.78 is 13.5. The molecule has 3 rings (SSSR count). The van der Waals surface area contributed by atoms with Crippen molar-refractivity contribution in [2.75, 3.05) is 17.7 Å². The predicted molar refractivity (Wildman–Crippen MR) is 125 cm³/mol. The molecule has 2 aromatic carbocycles. The van der Waals surface area contributed by atoms with E-state index in [0.717, 1.165) is 5.56 Å². The fourth-order valence-electron chi connectivity index (χ4n) is 3.05. The molecule has 0 spiro atoms. The lowest BCUT2D eigenvalue weighted by Gasteiger charge is -2.13. The van der Waals surface area contributed by atoms with Gasteiger partial charge in [-0.15, -0.1) is 10.2 Å². The monoisotopic (exact) mass is 470 g/mol. The zero-order chi connectivity index (χ0) is 23.8. The third-order valence-corrected chi connectivity index (χ3v) is 5.56. The molecule has 10 heteroatoms. The molecule has 0 saturated heterocycles. The summed E-state index contributed by atoms with van der Waals surface area (Å²) in [5.41, 5.74) is 1.61. The molecule has 0 fully saturated rings. The third kappa shape index (κ3) is 6.48. The highest BCUT2D eigenvalue weighted by Crippen LogP contribution is 2.29. The van der Waals surface area contributed by atoms with Crippen LogP contribution in [0.15, 0.2) is 47.6 Å². The molecule has 0 unspecified atom stereocenters. The van der Waals surface area contributed by atoms with E-state index in [2.05, 4.69) is 15.5 Å². The van der Waals surface area contributed by atoms with E-state index in [1.54, 1.807) is 12.1 Å². The lowest BCUT2D eigenvalue weighted by molar-refractivity contribution is -0.113. The summed E-state index contributed by atoms with van der Waals surface area (Å²) in [4.78, 5) is 23.4. The maximum Gasteiger partial charge on any atom is 0.335 e. The minimum atomic E-state index is -1.05. The number of nitrogens with one attached hydrogen (secondary N) is 1. The number of carboxylic acid groups (broad SMARTS) is 1. The van der Waals surface area contributed by atoms with Crippen molar-refractivity contribution in [3.8, 4) is 11.5 Å². The number of aromatic carboxylic acids is 1. The van der Waals surface area contributed by atoms with Crippen LogP contribution in [-0.4, -0.2) is 44.1 Å². The van der Waals surface area contributed by atoms with Gasteiger partial charge in [0.25, 0.3) is 0 Å². The first-order valence-corrected chi connectivity index (χ1v) is 11.4. The average molecular weight is 471 g/mol. The highest BCUT2D eigenvalue weighted by Gasteiger charge is 2.15. The number of ether oxygens (including phenoxy) is 2. The summed E-state index contributed by atoms with van der Waals surface area (Å²) in [6, 6.07) is 11.8. The van der Waals surface area contributed by atoms with Gasteiger partial charge in [0.1, 0.15) is 6.61 Å². The zero-order valence-electron chi connectivity index (χ0n) is 18.7. The van der Waals surface area contributed by atoms with Crippen molar-refractivity contribution in [3.05, 3.63) is 59.4 Å². The summed E-state index contributed by atoms with van der Waals surface area (Å²) >= 11 is 1.25. The van der Waals surface area contributed by atoms with E-state index >= 15 is 0 Å². The Hall–Kier alpha value is -3.53. The number of thioether (sulfide) groups is 1. The molecule has 1 aromatic heterocycles. The second-order valence-electron chi connectivity index (χ2n) is 7.04. The van der Waals surface area contributed by atoms with Gasteiger partial charge in [0.2, 0.25) is 5.91 Å². The summed E-state index contributed by atoms with van der Waals surface area (Å²) in [6.45, 7) is 7.23. The van der Waals surface area contributed by atoms with E-state index in [9.17, 15) is 9.59 Å². The zero-order valence-corrected chi connectivity index (χ0v) is 19.5. The minimum Gasteiger partial charge on any atom is -0.490 e. The lowest BCUT2D eigenvalue weighted by Crippen LogP contribution is -2.15. The van der Waals surface area contributed by atoms with E-state index in [-0.39, 0.29) is 23.8 Å². The van der Waals surface area contributed by atoms with Crippen molar-refractivity contribution in [1.82, 2.24) is 14.8 Å². The number of carbonyl (C=O) groups excluding carboxylic acids is 1. The first-order valence-electron chi connectivity index (χ1n) is 10.5. The van der Waals surface area contributed by atoms with Crippen LogP contribution in [0.5, 0.6) is 11.5 Å². The maximum absolute atomic E-state index is 12.3. The molecule has 3 aromatic rings. The van der Waals surface area contributed by atoms with Gasteiger partial charge in [-0.1, -0.05) is 23.9 Å². The van der Waals surface area contributed by atoms with E-state index < -0.39 is 5.97 Å². The normalized spacial score (nSPS) is 10.6. The van der Waals surface area contributed by atoms with E-state index in [0.29, 0.717) is 41.3 Å². The smallest absolute Gasteiger partial charge is 0.335 e. The van der Waals surface area contributed by atoms with Crippen molar-refractivity contribution >= 4 is 29.3 Å². The number of benzene rings is 2. The van der Waals surface area contributed by atoms with Crippen LogP contribution in [0.25, 0.3) is 0 Å². The lowest BCUT2D eigenvalue weighted by atomic mass is 10.2. The Bertz CT molecular complexity index is 1130. The number of hydrogen-bond acceptors (Lipinski definition) is 7. The Morgan fingerprint density at radius 1 is 1.09 bits per heavy atom. The predicted octanol–water partition coefficient (Wildman–Crippen LogP) is 4.01. The van der Waals surface area contributed by atoms with Crippen molar-refractivity contribution in [1.29, 1.82) is 0 Å². The quantitative estimate of drug-likeness (QED) is 0.404. The number of amides is 1. The number of anilines is 1. The molecule has 1 amide bonds. The number of hydrogen-bond donors (Lipinski definition) is 2. The first-order chi connectivity index (χ1) is 15.9. The molecule has 9 nitrogen and oxygen atoms in total. The number of aromatic nitrogens is 3. The largest absolute Gasteiger partial charge is 0.490 e. The van der Waals surface area contributed by atoms with Crippen LogP contribution in [0.3, 0.4) is 0 Å². The van der Waals surface area contributed by atoms with Crippen molar-refractivity contribution in [2.24, 2.45) is 0 Å². The molecule has 2 N–H and O–H groups in total. The number of carboxylic acids is 1. The molecule has 0 atom stereocenters. The molecule has 1 heterocycles. The number of nitrogens with zero attached hydrogens (tertiary/aromatic N) is 3. The van der Waals surface area contributed by atoms with Crippen LogP contribution < -0.4 is 14.8 Å². The van der Waals surface area contributed by atoms with Gasteiger partial charge in [0.05, 0.1) is 17.9 Å². The highest BCUT2D eigenvalue weighted by atomic mass is 32.2. The number of aryl methyl sites for hydroxylation is 1.